The fourth-order valence-corrected chi connectivity index (χ4v) is 6.05. The first-order valence-electron chi connectivity index (χ1n) is 5.49. The van der Waals surface area contributed by atoms with E-state index >= 15 is 0 Å². The zero-order valence-electron chi connectivity index (χ0n) is 10.1. The third-order valence-corrected chi connectivity index (χ3v) is 5.81. The van der Waals surface area contributed by atoms with Crippen molar-refractivity contribution in [3.8, 4) is 0 Å². The summed E-state index contributed by atoms with van der Waals surface area (Å²) in [6.45, 7) is 1.92. The molecule has 1 aromatic rings. The van der Waals surface area contributed by atoms with E-state index in [1.807, 2.05) is 14.0 Å². The Hall–Kier alpha value is 0.680. The molecule has 0 aliphatic carbocycles. The number of carbonyl (C=O) groups is 1. The molecule has 100 valence electrons. The maximum atomic E-state index is 11.2. The summed E-state index contributed by atoms with van der Waals surface area (Å²) in [6.07, 6.45) is 1.25. The van der Waals surface area contributed by atoms with Crippen molar-refractivity contribution in [1.29, 1.82) is 0 Å². The van der Waals surface area contributed by atoms with Crippen LogP contribution in [0.2, 0.25) is 0 Å². The quantitative estimate of drug-likeness (QED) is 0.511. The summed E-state index contributed by atoms with van der Waals surface area (Å²) >= 11 is 6.88. The lowest BCUT2D eigenvalue weighted by molar-refractivity contribution is -0.141. The first-order chi connectivity index (χ1) is 8.42. The third kappa shape index (κ3) is 3.84. The van der Waals surface area contributed by atoms with E-state index in [0.29, 0.717) is 12.8 Å². The molecule has 0 spiro atoms. The van der Waals surface area contributed by atoms with Crippen LogP contribution >= 0.6 is 67.8 Å². The lowest BCUT2D eigenvalue weighted by Gasteiger charge is -2.17. The van der Waals surface area contributed by atoms with Gasteiger partial charge in [0.1, 0.15) is 0 Å². The molecule has 18 heavy (non-hydrogen) atoms. The Labute approximate surface area is 148 Å². The van der Waals surface area contributed by atoms with Crippen LogP contribution < -0.4 is 5.32 Å². The molecule has 0 saturated heterocycles. The molecule has 1 aromatic carbocycles. The molecular weight excluding hydrogens is 571 g/mol. The molecule has 1 atom stereocenters. The predicted octanol–water partition coefficient (Wildman–Crippen LogP) is 4.20. The number of carboxylic acids is 1. The zero-order valence-corrected chi connectivity index (χ0v) is 16.5. The second-order valence-corrected chi connectivity index (χ2v) is 7.31. The number of hydrogen-bond donors (Lipinski definition) is 2. The SMILES string of the molecule is CCC(Cc1c(I)cc(I)c(NC)c1I)C(=O)O. The van der Waals surface area contributed by atoms with Crippen molar-refractivity contribution in [2.45, 2.75) is 19.8 Å². The van der Waals surface area contributed by atoms with Gasteiger partial charge < -0.3 is 10.4 Å². The molecule has 3 nitrogen and oxygen atoms in total. The Kier molecular flexibility index (Phi) is 6.93. The highest BCUT2D eigenvalue weighted by atomic mass is 127. The first kappa shape index (κ1) is 16.7. The second kappa shape index (κ2) is 7.46. The lowest BCUT2D eigenvalue weighted by atomic mass is 9.97. The Balaban J connectivity index is 3.20. The molecule has 0 aliphatic heterocycles. The number of halogens is 3. The molecule has 1 rings (SSSR count). The van der Waals surface area contributed by atoms with E-state index in [-0.39, 0.29) is 5.92 Å². The maximum Gasteiger partial charge on any atom is 0.306 e. The number of nitrogens with one attached hydrogen (secondary N) is 1. The van der Waals surface area contributed by atoms with E-state index in [2.05, 4.69) is 79.2 Å². The van der Waals surface area contributed by atoms with Crippen molar-refractivity contribution < 1.29 is 9.90 Å². The number of hydrogen-bond acceptors (Lipinski definition) is 2. The van der Waals surface area contributed by atoms with Crippen LogP contribution in [0.3, 0.4) is 0 Å². The van der Waals surface area contributed by atoms with E-state index in [1.54, 1.807) is 0 Å². The molecule has 0 amide bonds. The summed E-state index contributed by atoms with van der Waals surface area (Å²) in [7, 11) is 1.89. The van der Waals surface area contributed by atoms with Crippen LogP contribution in [0.1, 0.15) is 18.9 Å². The van der Waals surface area contributed by atoms with Gasteiger partial charge in [0.2, 0.25) is 0 Å². The second-order valence-electron chi connectivity index (χ2n) is 3.91. The molecule has 6 heteroatoms. The van der Waals surface area contributed by atoms with Crippen LogP contribution in [-0.4, -0.2) is 18.1 Å². The summed E-state index contributed by atoms with van der Waals surface area (Å²) in [5.74, 6) is -1.02. The highest BCUT2D eigenvalue weighted by Crippen LogP contribution is 2.33. The Morgan fingerprint density at radius 3 is 2.44 bits per heavy atom. The minimum absolute atomic E-state index is 0.309. The molecular formula is C12H14I3NO2. The molecule has 0 heterocycles. The molecule has 0 aliphatic rings. The Morgan fingerprint density at radius 2 is 2.00 bits per heavy atom. The number of aliphatic carboxylic acids is 1. The van der Waals surface area contributed by atoms with Crippen molar-refractivity contribution in [2.24, 2.45) is 5.92 Å². The van der Waals surface area contributed by atoms with Gasteiger partial charge in [0.25, 0.3) is 0 Å². The molecule has 0 fully saturated rings. The van der Waals surface area contributed by atoms with E-state index in [0.717, 1.165) is 22.0 Å². The summed E-state index contributed by atoms with van der Waals surface area (Å²) < 4.78 is 3.43. The van der Waals surface area contributed by atoms with Crippen LogP contribution in [0.4, 0.5) is 5.69 Å². The Morgan fingerprint density at radius 1 is 1.39 bits per heavy atom. The van der Waals surface area contributed by atoms with Gasteiger partial charge in [-0.05, 0) is 92.2 Å². The largest absolute Gasteiger partial charge is 0.481 e. The summed E-state index contributed by atoms with van der Waals surface area (Å²) in [5.41, 5.74) is 2.22. The van der Waals surface area contributed by atoms with E-state index in [9.17, 15) is 9.90 Å². The average molecular weight is 585 g/mol. The maximum absolute atomic E-state index is 11.2. The molecule has 0 saturated carbocycles. The number of benzene rings is 1. The van der Waals surface area contributed by atoms with Gasteiger partial charge >= 0.3 is 5.97 Å². The normalized spacial score (nSPS) is 12.3. The monoisotopic (exact) mass is 585 g/mol. The first-order valence-corrected chi connectivity index (χ1v) is 8.72. The molecule has 0 aromatic heterocycles. The molecule has 0 bridgehead atoms. The van der Waals surface area contributed by atoms with Gasteiger partial charge in [-0.25, -0.2) is 0 Å². The Bertz CT molecular complexity index is 463. The van der Waals surface area contributed by atoms with E-state index < -0.39 is 5.97 Å². The number of rotatable bonds is 5. The third-order valence-electron chi connectivity index (χ3n) is 2.81. The van der Waals surface area contributed by atoms with Crippen molar-refractivity contribution in [3.63, 3.8) is 0 Å². The summed E-state index contributed by atoms with van der Waals surface area (Å²) in [6, 6.07) is 2.10. The van der Waals surface area contributed by atoms with Crippen LogP contribution in [0.25, 0.3) is 0 Å². The van der Waals surface area contributed by atoms with Gasteiger partial charge in [0, 0.05) is 17.8 Å². The van der Waals surface area contributed by atoms with Gasteiger partial charge in [-0.15, -0.1) is 0 Å². The number of carboxylic acid groups (broad SMARTS) is 1. The van der Waals surface area contributed by atoms with Crippen molar-refractivity contribution in [1.82, 2.24) is 0 Å². The standard InChI is InChI=1S/C12H14I3NO2/c1-3-6(12(17)18)4-7-8(13)5-9(14)11(16-2)10(7)15/h5-6,16H,3-4H2,1-2H3,(H,17,18). The van der Waals surface area contributed by atoms with Gasteiger partial charge in [-0.2, -0.15) is 0 Å². The van der Waals surface area contributed by atoms with Gasteiger partial charge in [0.05, 0.1) is 11.6 Å². The van der Waals surface area contributed by atoms with E-state index in [4.69, 9.17) is 0 Å². The minimum atomic E-state index is -0.714. The fraction of sp³-hybridized carbons (Fsp3) is 0.417. The summed E-state index contributed by atoms with van der Waals surface area (Å²) in [4.78, 5) is 11.2. The van der Waals surface area contributed by atoms with Crippen LogP contribution in [0.15, 0.2) is 6.07 Å². The minimum Gasteiger partial charge on any atom is -0.481 e. The molecule has 2 N–H and O–H groups in total. The highest BCUT2D eigenvalue weighted by Gasteiger charge is 2.21. The molecule has 1 unspecified atom stereocenters. The zero-order chi connectivity index (χ0) is 13.9. The van der Waals surface area contributed by atoms with Crippen LogP contribution in [0.5, 0.6) is 0 Å². The van der Waals surface area contributed by atoms with Gasteiger partial charge in [-0.3, -0.25) is 4.79 Å². The molecule has 0 radical (unpaired) electrons. The van der Waals surface area contributed by atoms with Crippen LogP contribution in [0, 0.1) is 16.6 Å². The number of anilines is 1. The topological polar surface area (TPSA) is 49.3 Å². The van der Waals surface area contributed by atoms with Crippen molar-refractivity contribution in [3.05, 3.63) is 22.3 Å². The lowest BCUT2D eigenvalue weighted by Crippen LogP contribution is -2.17. The fourth-order valence-electron chi connectivity index (χ4n) is 1.70. The van der Waals surface area contributed by atoms with Crippen molar-refractivity contribution in [2.75, 3.05) is 12.4 Å². The summed E-state index contributed by atoms with van der Waals surface area (Å²) in [5, 5.41) is 12.4. The smallest absolute Gasteiger partial charge is 0.306 e. The van der Waals surface area contributed by atoms with Gasteiger partial charge in [-0.1, -0.05) is 6.92 Å². The van der Waals surface area contributed by atoms with Crippen LogP contribution in [-0.2, 0) is 11.2 Å². The highest BCUT2D eigenvalue weighted by molar-refractivity contribution is 14.1. The van der Waals surface area contributed by atoms with Crippen molar-refractivity contribution >= 4 is 79.4 Å². The van der Waals surface area contributed by atoms with E-state index in [1.165, 1.54) is 0 Å². The predicted molar refractivity (Wildman–Crippen MR) is 99.3 cm³/mol. The average Bonchev–Trinajstić information content (AvgIpc) is 2.28. The van der Waals surface area contributed by atoms with Gasteiger partial charge in [0.15, 0.2) is 0 Å².